The number of carboxylic acid groups (broad SMARTS) is 1. The molecule has 4 rings (SSSR count). The summed E-state index contributed by atoms with van der Waals surface area (Å²) in [6.07, 6.45) is 0.280. The number of amides is 1. The van der Waals surface area contributed by atoms with Gasteiger partial charge in [-0.3, -0.25) is 13.9 Å². The van der Waals surface area contributed by atoms with Crippen molar-refractivity contribution in [3.8, 4) is 0 Å². The fourth-order valence-electron chi connectivity index (χ4n) is 4.71. The van der Waals surface area contributed by atoms with E-state index in [0.717, 1.165) is 23.8 Å². The topological polar surface area (TPSA) is 233 Å². The number of aromatic carboxylic acids is 1. The summed E-state index contributed by atoms with van der Waals surface area (Å²) >= 11 is 0. The van der Waals surface area contributed by atoms with E-state index in [1.807, 2.05) is 0 Å². The van der Waals surface area contributed by atoms with Crippen LogP contribution in [-0.4, -0.2) is 84.0 Å². The molecule has 2 fully saturated rings. The fourth-order valence-corrected chi connectivity index (χ4v) is 7.36. The Bertz CT molecular complexity index is 1470. The van der Waals surface area contributed by atoms with Gasteiger partial charge < -0.3 is 49.5 Å². The van der Waals surface area contributed by atoms with Crippen LogP contribution in [0.15, 0.2) is 23.1 Å². The minimum absolute atomic E-state index is 0.0000182. The Hall–Kier alpha value is -2.84. The van der Waals surface area contributed by atoms with Gasteiger partial charge in [0.05, 0.1) is 11.2 Å². The number of nitrogens with zero attached hydrogens (tertiary/aromatic N) is 3. The number of nitrogens with two attached hydrogens (primary N) is 1. The maximum Gasteiger partial charge on any atom is 0.411 e. The average Bonchev–Trinajstić information content (AvgIpc) is 3.70. The number of rotatable bonds is 9. The van der Waals surface area contributed by atoms with Crippen molar-refractivity contribution in [1.82, 2.24) is 9.47 Å². The number of aromatic nitrogens is 1. The molecule has 7 N–H and O–H groups in total. The van der Waals surface area contributed by atoms with E-state index in [1.54, 1.807) is 9.47 Å². The zero-order chi connectivity index (χ0) is 29.6. The van der Waals surface area contributed by atoms with Gasteiger partial charge in [-0.2, -0.15) is 0 Å². The van der Waals surface area contributed by atoms with Crippen molar-refractivity contribution in [3.05, 3.63) is 39.9 Å². The van der Waals surface area contributed by atoms with Gasteiger partial charge in [0.15, 0.2) is 0 Å². The number of benzene rings is 1. The Kier molecular flexibility index (Phi) is 8.18. The highest BCUT2D eigenvalue weighted by Gasteiger charge is 2.64. The van der Waals surface area contributed by atoms with Gasteiger partial charge >= 0.3 is 32.3 Å². The first-order valence-electron chi connectivity index (χ1n) is 12.3. The van der Waals surface area contributed by atoms with Crippen molar-refractivity contribution in [2.75, 3.05) is 37.6 Å². The molecule has 0 bridgehead atoms. The summed E-state index contributed by atoms with van der Waals surface area (Å²) in [5.74, 6) is -2.22. The third kappa shape index (κ3) is 5.53. The normalized spacial score (nSPS) is 16.9. The Morgan fingerprint density at radius 3 is 2.17 bits per heavy atom. The van der Waals surface area contributed by atoms with Crippen molar-refractivity contribution in [3.63, 3.8) is 0 Å². The number of carboxylic acids is 1. The van der Waals surface area contributed by atoms with Crippen LogP contribution in [0.2, 0.25) is 0 Å². The molecule has 0 atom stereocenters. The minimum atomic E-state index is -5.69. The highest BCUT2D eigenvalue weighted by atomic mass is 31.2. The number of hydrogen-bond acceptors (Lipinski definition) is 8. The largest absolute Gasteiger partial charge is 0.477 e. The van der Waals surface area contributed by atoms with Crippen LogP contribution in [0.5, 0.6) is 0 Å². The summed E-state index contributed by atoms with van der Waals surface area (Å²) in [5.41, 5.74) is 4.49. The third-order valence-electron chi connectivity index (χ3n) is 7.02. The SMILES string of the molecule is NCCCC(OC(=O)N1CCN(c2cc3c(cc2F)c(=O)c(C(=O)O)cn3C2CC2)CC1)(P(=O)(O)O)P(=O)(O)O. The molecule has 0 radical (unpaired) electrons. The molecular weight excluding hydrogens is 577 g/mol. The van der Waals surface area contributed by atoms with E-state index in [-0.39, 0.29) is 56.3 Å². The van der Waals surface area contributed by atoms with Crippen LogP contribution >= 0.6 is 15.2 Å². The Morgan fingerprint density at radius 1 is 1.07 bits per heavy atom. The summed E-state index contributed by atoms with van der Waals surface area (Å²) in [7, 11) is -11.4. The van der Waals surface area contributed by atoms with E-state index in [4.69, 9.17) is 10.5 Å². The molecule has 1 amide bonds. The highest BCUT2D eigenvalue weighted by molar-refractivity contribution is 7.72. The van der Waals surface area contributed by atoms with Crippen LogP contribution < -0.4 is 16.1 Å². The van der Waals surface area contributed by atoms with Gasteiger partial charge in [0, 0.05) is 50.2 Å². The first-order chi connectivity index (χ1) is 18.6. The molecular formula is C22H29FN4O11P2. The average molecular weight is 606 g/mol. The molecule has 18 heteroatoms. The van der Waals surface area contributed by atoms with E-state index < -0.39 is 55.6 Å². The van der Waals surface area contributed by atoms with Gasteiger partial charge in [0.2, 0.25) is 5.43 Å². The monoisotopic (exact) mass is 606 g/mol. The van der Waals surface area contributed by atoms with Gasteiger partial charge in [-0.05, 0) is 37.9 Å². The lowest BCUT2D eigenvalue weighted by Crippen LogP contribution is -2.51. The predicted octanol–water partition coefficient (Wildman–Crippen LogP) is 1.18. The first-order valence-corrected chi connectivity index (χ1v) is 15.5. The van der Waals surface area contributed by atoms with Crippen LogP contribution in [0, 0.1) is 5.82 Å². The van der Waals surface area contributed by atoms with Gasteiger partial charge in [-0.1, -0.05) is 0 Å². The lowest BCUT2D eigenvalue weighted by atomic mass is 10.1. The van der Waals surface area contributed by atoms with E-state index in [1.165, 1.54) is 12.3 Å². The number of piperazine rings is 1. The molecule has 40 heavy (non-hydrogen) atoms. The second-order valence-corrected chi connectivity index (χ2v) is 13.7. The molecule has 1 saturated heterocycles. The van der Waals surface area contributed by atoms with Crippen molar-refractivity contribution >= 4 is 43.8 Å². The van der Waals surface area contributed by atoms with E-state index >= 15 is 4.39 Å². The maximum atomic E-state index is 15.2. The molecule has 1 aromatic heterocycles. The number of fused-ring (bicyclic) bond motifs is 1. The first kappa shape index (κ1) is 30.1. The molecule has 15 nitrogen and oxygen atoms in total. The van der Waals surface area contributed by atoms with E-state index in [9.17, 15) is 48.2 Å². The van der Waals surface area contributed by atoms with Crippen LogP contribution in [0.3, 0.4) is 0 Å². The fraction of sp³-hybridized carbons (Fsp3) is 0.500. The summed E-state index contributed by atoms with van der Waals surface area (Å²) in [6.45, 7) is -0.487. The standard InChI is InChI=1S/C22H29FN4O11P2/c23-16-10-14-17(27(13-2-3-13)12-15(19(14)28)20(29)30)11-18(16)25-6-8-26(9-7-25)21(31)38-22(4-1-5-24,39(32,33)34)40(35,36)37/h10-13H,1-9,24H2,(H,29,30)(H2,32,33,34)(H2,35,36,37). The second-order valence-electron chi connectivity index (χ2n) is 9.70. The molecule has 2 aromatic rings. The van der Waals surface area contributed by atoms with Gasteiger partial charge in [0.1, 0.15) is 11.4 Å². The van der Waals surface area contributed by atoms with Crippen molar-refractivity contribution in [1.29, 1.82) is 0 Å². The Balaban J connectivity index is 1.58. The maximum absolute atomic E-state index is 15.2. The van der Waals surface area contributed by atoms with Crippen LogP contribution in [0.4, 0.5) is 14.9 Å². The third-order valence-corrected chi connectivity index (χ3v) is 11.0. The number of pyridine rings is 1. The number of carbonyl (C=O) groups is 2. The molecule has 0 spiro atoms. The zero-order valence-electron chi connectivity index (χ0n) is 21.1. The number of carbonyl (C=O) groups excluding carboxylic acids is 1. The van der Waals surface area contributed by atoms with Crippen LogP contribution in [0.1, 0.15) is 42.1 Å². The summed E-state index contributed by atoms with van der Waals surface area (Å²) < 4.78 is 45.9. The van der Waals surface area contributed by atoms with Crippen LogP contribution in [-0.2, 0) is 13.9 Å². The molecule has 1 aromatic carbocycles. The quantitative estimate of drug-likeness (QED) is 0.220. The summed E-state index contributed by atoms with van der Waals surface area (Å²) in [5, 5.41) is 5.91. The highest BCUT2D eigenvalue weighted by Crippen LogP contribution is 2.71. The predicted molar refractivity (Wildman–Crippen MR) is 139 cm³/mol. The Morgan fingerprint density at radius 2 is 1.68 bits per heavy atom. The molecule has 1 aliphatic carbocycles. The van der Waals surface area contributed by atoms with Crippen LogP contribution in [0.25, 0.3) is 10.9 Å². The zero-order valence-corrected chi connectivity index (χ0v) is 22.8. The van der Waals surface area contributed by atoms with Gasteiger partial charge in [-0.15, -0.1) is 0 Å². The molecule has 1 saturated carbocycles. The molecule has 2 aliphatic rings. The van der Waals surface area contributed by atoms with Gasteiger partial charge in [-0.25, -0.2) is 14.0 Å². The number of hydrogen-bond donors (Lipinski definition) is 6. The van der Waals surface area contributed by atoms with Crippen molar-refractivity contribution < 1.29 is 52.5 Å². The number of halogens is 1. The number of ether oxygens (including phenoxy) is 1. The van der Waals surface area contributed by atoms with Gasteiger partial charge in [0.25, 0.3) is 0 Å². The van der Waals surface area contributed by atoms with Crippen molar-refractivity contribution in [2.24, 2.45) is 5.73 Å². The smallest absolute Gasteiger partial charge is 0.411 e. The van der Waals surface area contributed by atoms with Crippen molar-refractivity contribution in [2.45, 2.75) is 36.8 Å². The Labute approximate surface area is 226 Å². The lowest BCUT2D eigenvalue weighted by molar-refractivity contribution is 0.0446. The van der Waals surface area contributed by atoms with E-state index in [2.05, 4.69) is 0 Å². The summed E-state index contributed by atoms with van der Waals surface area (Å²) in [6, 6.07) is 2.38. The number of anilines is 1. The molecule has 0 unspecified atom stereocenters. The minimum Gasteiger partial charge on any atom is -0.477 e. The molecule has 2 heterocycles. The van der Waals surface area contributed by atoms with E-state index in [0.29, 0.717) is 5.52 Å². The molecule has 220 valence electrons. The molecule has 1 aliphatic heterocycles. The lowest BCUT2D eigenvalue weighted by Gasteiger charge is -2.39. The summed E-state index contributed by atoms with van der Waals surface area (Å²) in [4.78, 5) is 78.6. The second kappa shape index (κ2) is 10.9.